The molecule has 5 heteroatoms. The van der Waals surface area contributed by atoms with E-state index in [0.29, 0.717) is 5.82 Å². The minimum Gasteiger partial charge on any atom is -0.308 e. The third-order valence-corrected chi connectivity index (χ3v) is 11.9. The molecule has 0 bridgehead atoms. The van der Waals surface area contributed by atoms with Crippen molar-refractivity contribution in [3.8, 4) is 62.0 Å². The van der Waals surface area contributed by atoms with Gasteiger partial charge in [-0.2, -0.15) is 0 Å². The van der Waals surface area contributed by atoms with Crippen LogP contribution in [0, 0.1) is 0 Å². The molecule has 4 nitrogen and oxygen atoms in total. The quantitative estimate of drug-likeness (QED) is 0.171. The fourth-order valence-electron chi connectivity index (χ4n) is 7.95. The van der Waals surface area contributed by atoms with Crippen LogP contribution in [0.3, 0.4) is 0 Å². The van der Waals surface area contributed by atoms with Crippen molar-refractivity contribution in [2.24, 2.45) is 0 Å². The maximum atomic E-state index is 5.34. The Balaban J connectivity index is 1.13. The summed E-state index contributed by atoms with van der Waals surface area (Å²) in [6.45, 7) is 0. The lowest BCUT2D eigenvalue weighted by molar-refractivity contribution is 1.17. The topological polar surface area (TPSA) is 43.6 Å². The van der Waals surface area contributed by atoms with E-state index < -0.39 is 0 Å². The number of rotatable bonds is 6. The Morgan fingerprint density at radius 2 is 0.964 bits per heavy atom. The lowest BCUT2D eigenvalue weighted by atomic mass is 10.0. The molecule has 56 heavy (non-hydrogen) atoms. The van der Waals surface area contributed by atoms with Crippen LogP contribution in [0.15, 0.2) is 194 Å². The summed E-state index contributed by atoms with van der Waals surface area (Å²) in [4.78, 5) is 15.7. The molecular weight excluding hydrogens is 701 g/mol. The van der Waals surface area contributed by atoms with E-state index in [4.69, 9.17) is 15.0 Å². The van der Waals surface area contributed by atoms with Gasteiger partial charge in [-0.1, -0.05) is 164 Å². The Morgan fingerprint density at radius 3 is 1.71 bits per heavy atom. The Kier molecular flexibility index (Phi) is 7.64. The van der Waals surface area contributed by atoms with Crippen molar-refractivity contribution in [1.82, 2.24) is 19.5 Å². The van der Waals surface area contributed by atoms with Gasteiger partial charge >= 0.3 is 0 Å². The van der Waals surface area contributed by atoms with Crippen molar-refractivity contribution in [1.29, 1.82) is 0 Å². The third kappa shape index (κ3) is 5.40. The minimum absolute atomic E-state index is 0.693. The molecule has 0 atom stereocenters. The Hall–Kier alpha value is -7.21. The number of hydrogen-bond donors (Lipinski definition) is 0. The summed E-state index contributed by atoms with van der Waals surface area (Å²) in [5.74, 6) is 0.693. The first-order valence-corrected chi connectivity index (χ1v) is 19.6. The molecule has 0 radical (unpaired) electrons. The van der Waals surface area contributed by atoms with Crippen LogP contribution in [-0.2, 0) is 0 Å². The van der Waals surface area contributed by atoms with Gasteiger partial charge in [0.1, 0.15) is 0 Å². The van der Waals surface area contributed by atoms with Crippen molar-refractivity contribution in [2.45, 2.75) is 0 Å². The fourth-order valence-corrected chi connectivity index (χ4v) is 9.30. The van der Waals surface area contributed by atoms with Crippen molar-refractivity contribution in [3.05, 3.63) is 194 Å². The number of thiophene rings is 1. The molecule has 0 unspecified atom stereocenters. The first-order valence-electron chi connectivity index (χ1n) is 18.8. The van der Waals surface area contributed by atoms with E-state index in [0.717, 1.165) is 56.1 Å². The summed E-state index contributed by atoms with van der Waals surface area (Å²) in [7, 11) is 0. The van der Waals surface area contributed by atoms with Crippen LogP contribution >= 0.6 is 11.3 Å². The second-order valence-corrected chi connectivity index (χ2v) is 15.0. The summed E-state index contributed by atoms with van der Waals surface area (Å²) < 4.78 is 4.94. The zero-order chi connectivity index (χ0) is 37.0. The van der Waals surface area contributed by atoms with E-state index >= 15 is 0 Å². The predicted molar refractivity (Wildman–Crippen MR) is 234 cm³/mol. The van der Waals surface area contributed by atoms with Crippen LogP contribution in [0.2, 0.25) is 0 Å². The molecule has 7 aromatic carbocycles. The van der Waals surface area contributed by atoms with Gasteiger partial charge in [-0.25, -0.2) is 15.0 Å². The largest absolute Gasteiger partial charge is 0.308 e. The summed E-state index contributed by atoms with van der Waals surface area (Å²) in [6, 6.07) is 68.1. The molecule has 0 aliphatic rings. The summed E-state index contributed by atoms with van der Waals surface area (Å²) in [5, 5.41) is 3.57. The first kappa shape index (κ1) is 32.2. The van der Waals surface area contributed by atoms with E-state index in [2.05, 4.69) is 174 Å². The number of pyridine rings is 1. The van der Waals surface area contributed by atoms with Crippen LogP contribution < -0.4 is 0 Å². The molecule has 0 saturated heterocycles. The van der Waals surface area contributed by atoms with Gasteiger partial charge in [0.2, 0.25) is 0 Å². The van der Waals surface area contributed by atoms with Crippen molar-refractivity contribution in [2.75, 3.05) is 0 Å². The highest BCUT2D eigenvalue weighted by Crippen LogP contribution is 2.47. The molecule has 0 N–H and O–H groups in total. The normalized spacial score (nSPS) is 11.6. The molecule has 0 aliphatic heterocycles. The van der Waals surface area contributed by atoms with E-state index in [1.807, 2.05) is 35.6 Å². The van der Waals surface area contributed by atoms with Gasteiger partial charge < -0.3 is 4.57 Å². The highest BCUT2D eigenvalue weighted by molar-refractivity contribution is 7.27. The summed E-state index contributed by atoms with van der Waals surface area (Å²) in [6.07, 6.45) is 0. The zero-order valence-electron chi connectivity index (χ0n) is 30.2. The second kappa shape index (κ2) is 13.3. The van der Waals surface area contributed by atoms with Crippen LogP contribution in [-0.4, -0.2) is 19.5 Å². The maximum Gasteiger partial charge on any atom is 0.160 e. The van der Waals surface area contributed by atoms with E-state index in [1.165, 1.54) is 42.2 Å². The minimum atomic E-state index is 0.693. The molecule has 11 rings (SSSR count). The molecule has 0 amide bonds. The number of benzene rings is 7. The smallest absolute Gasteiger partial charge is 0.160 e. The van der Waals surface area contributed by atoms with Gasteiger partial charge in [-0.05, 0) is 41.5 Å². The fraction of sp³-hybridized carbons (Fsp3) is 0. The maximum absolute atomic E-state index is 5.34. The first-order chi connectivity index (χ1) is 27.8. The third-order valence-electron chi connectivity index (χ3n) is 10.6. The van der Waals surface area contributed by atoms with Crippen molar-refractivity contribution in [3.63, 3.8) is 0 Å². The predicted octanol–water partition coefficient (Wildman–Crippen LogP) is 13.7. The van der Waals surface area contributed by atoms with Crippen LogP contribution in [0.25, 0.3) is 104 Å². The molecule has 0 saturated carbocycles. The van der Waals surface area contributed by atoms with E-state index in [-0.39, 0.29) is 0 Å². The summed E-state index contributed by atoms with van der Waals surface area (Å²) in [5.41, 5.74) is 13.6. The number of fused-ring (bicyclic) bond motifs is 7. The van der Waals surface area contributed by atoms with Crippen LogP contribution in [0.5, 0.6) is 0 Å². The summed E-state index contributed by atoms with van der Waals surface area (Å²) >= 11 is 1.86. The highest BCUT2D eigenvalue weighted by atomic mass is 32.1. The SMILES string of the molecule is c1ccc(-c2ccc(-c3cc(-c4cccc(-n5c6ccccc6c6sc7c8ccccc8nc(-c8ccccc8)c7c65)c4)nc(-c4ccccc4)n3)cc2)cc1. The highest BCUT2D eigenvalue weighted by Gasteiger charge is 2.23. The zero-order valence-corrected chi connectivity index (χ0v) is 31.0. The van der Waals surface area contributed by atoms with Crippen molar-refractivity contribution >= 4 is 53.4 Å². The Morgan fingerprint density at radius 1 is 0.393 bits per heavy atom. The van der Waals surface area contributed by atoms with Gasteiger partial charge in [0.15, 0.2) is 5.82 Å². The molecule has 4 heterocycles. The van der Waals surface area contributed by atoms with E-state index in [9.17, 15) is 0 Å². The van der Waals surface area contributed by atoms with Gasteiger partial charge in [0, 0.05) is 48.8 Å². The average molecular weight is 733 g/mol. The molecule has 4 aromatic heterocycles. The number of hydrogen-bond acceptors (Lipinski definition) is 4. The van der Waals surface area contributed by atoms with Gasteiger partial charge in [-0.15, -0.1) is 11.3 Å². The van der Waals surface area contributed by atoms with Gasteiger partial charge in [0.25, 0.3) is 0 Å². The number of aromatic nitrogens is 4. The number of para-hydroxylation sites is 2. The lowest BCUT2D eigenvalue weighted by Crippen LogP contribution is -1.98. The van der Waals surface area contributed by atoms with Crippen LogP contribution in [0.1, 0.15) is 0 Å². The van der Waals surface area contributed by atoms with Gasteiger partial charge in [0.05, 0.1) is 38.3 Å². The second-order valence-electron chi connectivity index (χ2n) is 14.0. The Bertz CT molecular complexity index is 3220. The lowest BCUT2D eigenvalue weighted by Gasteiger charge is -2.13. The monoisotopic (exact) mass is 732 g/mol. The van der Waals surface area contributed by atoms with E-state index in [1.54, 1.807) is 0 Å². The molecule has 0 aliphatic carbocycles. The number of nitrogens with zero attached hydrogens (tertiary/aromatic N) is 4. The molecule has 0 fully saturated rings. The Labute approximate surface area is 327 Å². The molecular formula is C51H32N4S. The van der Waals surface area contributed by atoms with Crippen molar-refractivity contribution < 1.29 is 0 Å². The average Bonchev–Trinajstić information content (AvgIpc) is 3.82. The van der Waals surface area contributed by atoms with Gasteiger partial charge in [-0.3, -0.25) is 0 Å². The molecule has 0 spiro atoms. The standard InChI is InChI=1S/C51H32N4S/c1-4-15-33(16-5-1)34-27-29-35(30-28-34)43-32-44(54-51(53-43)37-19-8-3-9-20-37)38-21-14-22-39(31-38)55-45-26-13-11-24-41(45)50-48(55)46-47(36-17-6-2-7-18-36)52-42-25-12-10-23-40(42)49(46)56-50/h1-32H. The van der Waals surface area contributed by atoms with Crippen LogP contribution in [0.4, 0.5) is 0 Å². The molecule has 262 valence electrons. The molecule has 11 aromatic rings.